The lowest BCUT2D eigenvalue weighted by atomic mass is 9.52. The van der Waals surface area contributed by atoms with Crippen molar-refractivity contribution in [2.75, 3.05) is 39.6 Å². The van der Waals surface area contributed by atoms with Crippen molar-refractivity contribution in [2.45, 2.75) is 51.3 Å². The largest absolute Gasteiger partial charge is 0.507 e. The Labute approximate surface area is 234 Å². The molecule has 5 N–H and O–H groups in total. The van der Waals surface area contributed by atoms with Gasteiger partial charge < -0.3 is 26.2 Å². The summed E-state index contributed by atoms with van der Waals surface area (Å²) in [5, 5.41) is 26.3. The number of hydrogen-bond donors (Lipinski definition) is 4. The monoisotopic (exact) mass is 556 g/mol. The molecule has 4 rings (SSSR count). The highest BCUT2D eigenvalue weighted by molar-refractivity contribution is 6.32. The van der Waals surface area contributed by atoms with E-state index in [9.17, 15) is 34.2 Å². The Morgan fingerprint density at radius 2 is 1.80 bits per heavy atom. The van der Waals surface area contributed by atoms with Crippen LogP contribution in [0.2, 0.25) is 0 Å². The van der Waals surface area contributed by atoms with Gasteiger partial charge in [0.25, 0.3) is 0 Å². The molecule has 3 unspecified atom stereocenters. The molecular formula is C29H40N4O7. The molecule has 0 heterocycles. The maximum absolute atomic E-state index is 14.0. The highest BCUT2D eigenvalue weighted by Crippen LogP contribution is 2.52. The summed E-state index contributed by atoms with van der Waals surface area (Å²) in [5.74, 6) is -9.87. The molecule has 1 aromatic rings. The van der Waals surface area contributed by atoms with Gasteiger partial charge in [0, 0.05) is 37.8 Å². The average Bonchev–Trinajstić information content (AvgIpc) is 2.84. The number of carbonyl (C=O) groups excluding carboxylic acids is 5. The van der Waals surface area contributed by atoms with Gasteiger partial charge in [-0.05, 0) is 63.4 Å². The summed E-state index contributed by atoms with van der Waals surface area (Å²) in [6, 6.07) is 0.710. The Balaban J connectivity index is 1.80. The number of primary amides is 1. The SMILES string of the molecule is CC(C)CCNCc1cc(N(C)C)c2c(c1O)C(=O)C1C(=O)[C@@]3(O)C(=O)C(C(N)=O)C(=O)C(N(C)C)[C@H]3C[C@H]1C2. The molecule has 2 fully saturated rings. The molecule has 3 aliphatic rings. The number of fused-ring (bicyclic) bond motifs is 3. The van der Waals surface area contributed by atoms with Crippen molar-refractivity contribution in [3.05, 3.63) is 22.8 Å². The van der Waals surface area contributed by atoms with Gasteiger partial charge in [0.05, 0.1) is 17.5 Å². The minimum atomic E-state index is -2.73. The van der Waals surface area contributed by atoms with Gasteiger partial charge in [0.1, 0.15) is 5.75 Å². The third-order valence-electron chi connectivity index (χ3n) is 8.81. The highest BCUT2D eigenvalue weighted by atomic mass is 16.3. The van der Waals surface area contributed by atoms with Crippen molar-refractivity contribution in [3.8, 4) is 5.75 Å². The number of likely N-dealkylation sites (N-methyl/N-ethyl adjacent to an activating group) is 1. The van der Waals surface area contributed by atoms with Crippen LogP contribution in [-0.2, 0) is 32.1 Å². The molecule has 218 valence electrons. The zero-order chi connectivity index (χ0) is 29.8. The van der Waals surface area contributed by atoms with E-state index in [1.54, 1.807) is 14.1 Å². The Bertz CT molecular complexity index is 1270. The molecule has 1 amide bonds. The van der Waals surface area contributed by atoms with Gasteiger partial charge in [-0.2, -0.15) is 0 Å². The van der Waals surface area contributed by atoms with Crippen LogP contribution >= 0.6 is 0 Å². The number of aliphatic hydroxyl groups is 1. The number of aromatic hydroxyl groups is 1. The van der Waals surface area contributed by atoms with Gasteiger partial charge in [-0.1, -0.05) is 13.8 Å². The number of nitrogens with one attached hydrogen (secondary N) is 1. The van der Waals surface area contributed by atoms with Crippen LogP contribution in [-0.4, -0.2) is 90.5 Å². The van der Waals surface area contributed by atoms with Crippen molar-refractivity contribution in [3.63, 3.8) is 0 Å². The van der Waals surface area contributed by atoms with E-state index in [1.807, 2.05) is 25.1 Å². The molecule has 0 spiro atoms. The van der Waals surface area contributed by atoms with Crippen molar-refractivity contribution < 1.29 is 34.2 Å². The number of anilines is 1. The second-order valence-corrected chi connectivity index (χ2v) is 12.3. The fourth-order valence-corrected chi connectivity index (χ4v) is 6.85. The highest BCUT2D eigenvalue weighted by Gasteiger charge is 2.69. The van der Waals surface area contributed by atoms with Crippen LogP contribution in [0.1, 0.15) is 48.2 Å². The van der Waals surface area contributed by atoms with E-state index in [4.69, 9.17) is 5.73 Å². The topological polar surface area (TPSA) is 170 Å². The molecule has 11 nitrogen and oxygen atoms in total. The van der Waals surface area contributed by atoms with Gasteiger partial charge in [-0.15, -0.1) is 0 Å². The van der Waals surface area contributed by atoms with Gasteiger partial charge in [0.2, 0.25) is 5.91 Å². The third-order valence-corrected chi connectivity index (χ3v) is 8.81. The lowest BCUT2D eigenvalue weighted by Gasteiger charge is -2.52. The molecule has 0 saturated heterocycles. The summed E-state index contributed by atoms with van der Waals surface area (Å²) in [4.78, 5) is 70.1. The third kappa shape index (κ3) is 4.53. The smallest absolute Gasteiger partial charge is 0.235 e. The number of amides is 1. The summed E-state index contributed by atoms with van der Waals surface area (Å²) in [7, 11) is 6.78. The lowest BCUT2D eigenvalue weighted by molar-refractivity contribution is -0.181. The number of rotatable bonds is 8. The molecular weight excluding hydrogens is 516 g/mol. The molecule has 0 radical (unpaired) electrons. The Morgan fingerprint density at radius 1 is 1.15 bits per heavy atom. The van der Waals surface area contributed by atoms with Crippen LogP contribution in [0.5, 0.6) is 5.75 Å². The molecule has 1 aromatic carbocycles. The molecule has 40 heavy (non-hydrogen) atoms. The van der Waals surface area contributed by atoms with Crippen LogP contribution in [0, 0.1) is 29.6 Å². The standard InChI is InChI=1S/C29H40N4O7/c1-13(2)7-8-31-12-15-11-18(32(3)4)16-9-14-10-17-22(33(5)6)25(36)21(28(30)39)27(38)29(17,40)26(37)19(14)24(35)20(16)23(15)34/h11,13-14,17,19,21-22,31,34,40H,7-10,12H2,1-6H3,(H2,30,39)/t14-,17-,19?,21?,22?,29-/m1/s1. The van der Waals surface area contributed by atoms with Gasteiger partial charge in [-0.25, -0.2) is 0 Å². The molecule has 3 aliphatic carbocycles. The number of hydrogen-bond acceptors (Lipinski definition) is 10. The van der Waals surface area contributed by atoms with Gasteiger partial charge in [0.15, 0.2) is 34.7 Å². The van der Waals surface area contributed by atoms with E-state index < -0.39 is 64.4 Å². The number of phenols is 1. The lowest BCUT2D eigenvalue weighted by Crippen LogP contribution is -2.74. The fourth-order valence-electron chi connectivity index (χ4n) is 6.85. The van der Waals surface area contributed by atoms with Crippen molar-refractivity contribution >= 4 is 34.7 Å². The molecule has 6 atom stereocenters. The van der Waals surface area contributed by atoms with Crippen LogP contribution in [0.25, 0.3) is 0 Å². The minimum Gasteiger partial charge on any atom is -0.507 e. The maximum Gasteiger partial charge on any atom is 0.235 e. The number of carbonyl (C=O) groups is 5. The van der Waals surface area contributed by atoms with Crippen LogP contribution in [0.15, 0.2) is 6.07 Å². The first-order valence-electron chi connectivity index (χ1n) is 13.7. The predicted molar refractivity (Wildman–Crippen MR) is 147 cm³/mol. The first kappa shape index (κ1) is 29.8. The Hall–Kier alpha value is -3.15. The minimum absolute atomic E-state index is 0.0125. The van der Waals surface area contributed by atoms with E-state index in [2.05, 4.69) is 19.2 Å². The summed E-state index contributed by atoms with van der Waals surface area (Å²) >= 11 is 0. The Morgan fingerprint density at radius 3 is 2.35 bits per heavy atom. The quantitative estimate of drug-likeness (QED) is 0.254. The van der Waals surface area contributed by atoms with E-state index in [-0.39, 0.29) is 24.2 Å². The van der Waals surface area contributed by atoms with E-state index in [0.717, 1.165) is 12.1 Å². The molecule has 2 saturated carbocycles. The molecule has 0 aromatic heterocycles. The fraction of sp³-hybridized carbons (Fsp3) is 0.621. The number of Topliss-reactive ketones (excluding diaryl/α,β-unsaturated/α-hetero) is 4. The van der Waals surface area contributed by atoms with Gasteiger partial charge in [-0.3, -0.25) is 28.9 Å². The molecule has 0 aliphatic heterocycles. The molecule has 0 bridgehead atoms. The zero-order valence-electron chi connectivity index (χ0n) is 24.0. The number of nitrogens with two attached hydrogens (primary N) is 1. The van der Waals surface area contributed by atoms with Crippen molar-refractivity contribution in [2.24, 2.45) is 35.3 Å². The van der Waals surface area contributed by atoms with Crippen LogP contribution < -0.4 is 16.0 Å². The van der Waals surface area contributed by atoms with Gasteiger partial charge >= 0.3 is 0 Å². The number of phenolic OH excluding ortho intramolecular Hbond substituents is 1. The first-order valence-corrected chi connectivity index (χ1v) is 13.7. The first-order chi connectivity index (χ1) is 18.6. The van der Waals surface area contributed by atoms with E-state index in [0.29, 0.717) is 30.1 Å². The number of ketones is 4. The maximum atomic E-state index is 14.0. The number of benzene rings is 1. The van der Waals surface area contributed by atoms with Crippen LogP contribution in [0.3, 0.4) is 0 Å². The Kier molecular flexibility index (Phi) is 7.96. The van der Waals surface area contributed by atoms with Crippen molar-refractivity contribution in [1.29, 1.82) is 0 Å². The predicted octanol–water partition coefficient (Wildman–Crippen LogP) is 0.0687. The van der Waals surface area contributed by atoms with Crippen molar-refractivity contribution in [1.82, 2.24) is 10.2 Å². The van der Waals surface area contributed by atoms with Crippen LogP contribution in [0.4, 0.5) is 5.69 Å². The second kappa shape index (κ2) is 10.7. The second-order valence-electron chi connectivity index (χ2n) is 12.3. The number of nitrogens with zero attached hydrogens (tertiary/aromatic N) is 2. The summed E-state index contributed by atoms with van der Waals surface area (Å²) in [6.07, 6.45) is 1.18. The summed E-state index contributed by atoms with van der Waals surface area (Å²) in [6.45, 7) is 5.23. The molecule has 11 heteroatoms. The van der Waals surface area contributed by atoms with E-state index in [1.165, 1.54) is 4.90 Å². The zero-order valence-corrected chi connectivity index (χ0v) is 24.0. The normalized spacial score (nSPS) is 29.9. The average molecular weight is 557 g/mol. The summed E-state index contributed by atoms with van der Waals surface area (Å²) in [5.41, 5.74) is 4.47. The van der Waals surface area contributed by atoms with E-state index >= 15 is 0 Å². The summed E-state index contributed by atoms with van der Waals surface area (Å²) < 4.78 is 0.